The molecule has 0 bridgehead atoms. The summed E-state index contributed by atoms with van der Waals surface area (Å²) in [4.78, 5) is 28.8. The highest BCUT2D eigenvalue weighted by molar-refractivity contribution is 7.15. The van der Waals surface area contributed by atoms with Crippen molar-refractivity contribution in [1.29, 1.82) is 0 Å². The number of carbonyl (C=O) groups is 1. The molecule has 3 heterocycles. The van der Waals surface area contributed by atoms with Crippen LogP contribution in [-0.2, 0) is 0 Å². The SMILES string of the molecule is CCOc1ccc2c(=O)c3c(oc2c1)C(=O)N(c1nnc(C)s1)C3c1ccc(C(C)C)cc1. The monoisotopic (exact) mass is 461 g/mol. The Labute approximate surface area is 194 Å². The van der Waals surface area contributed by atoms with Crippen LogP contribution < -0.4 is 15.1 Å². The first-order chi connectivity index (χ1) is 15.9. The third kappa shape index (κ3) is 3.51. The molecule has 1 aliphatic heterocycles. The summed E-state index contributed by atoms with van der Waals surface area (Å²) in [6, 6.07) is 12.4. The lowest BCUT2D eigenvalue weighted by molar-refractivity contribution is 0.0970. The first-order valence-corrected chi connectivity index (χ1v) is 11.7. The van der Waals surface area contributed by atoms with Crippen LogP contribution in [-0.4, -0.2) is 22.7 Å². The van der Waals surface area contributed by atoms with E-state index in [9.17, 15) is 9.59 Å². The molecule has 0 saturated heterocycles. The van der Waals surface area contributed by atoms with Crippen molar-refractivity contribution < 1.29 is 13.9 Å². The lowest BCUT2D eigenvalue weighted by atomic mass is 9.95. The molecule has 0 N–H and O–H groups in total. The average molecular weight is 462 g/mol. The van der Waals surface area contributed by atoms with Crippen molar-refractivity contribution in [3.63, 3.8) is 0 Å². The predicted octanol–water partition coefficient (Wildman–Crippen LogP) is 5.22. The van der Waals surface area contributed by atoms with Crippen LogP contribution in [0.5, 0.6) is 5.75 Å². The van der Waals surface area contributed by atoms with Gasteiger partial charge in [-0.05, 0) is 43.0 Å². The fraction of sp³-hybridized carbons (Fsp3) is 0.280. The number of hydrogen-bond acceptors (Lipinski definition) is 7. The summed E-state index contributed by atoms with van der Waals surface area (Å²) in [5.74, 6) is 0.579. The van der Waals surface area contributed by atoms with Crippen LogP contribution in [0, 0.1) is 6.92 Å². The first-order valence-electron chi connectivity index (χ1n) is 10.9. The van der Waals surface area contributed by atoms with E-state index in [-0.39, 0.29) is 11.2 Å². The minimum absolute atomic E-state index is 0.0342. The molecule has 1 unspecified atom stereocenters. The van der Waals surface area contributed by atoms with Crippen LogP contribution in [0.2, 0.25) is 0 Å². The number of hydrogen-bond donors (Lipinski definition) is 0. The fourth-order valence-corrected chi connectivity index (χ4v) is 4.88. The van der Waals surface area contributed by atoms with Gasteiger partial charge in [-0.25, -0.2) is 0 Å². The van der Waals surface area contributed by atoms with Gasteiger partial charge in [0.15, 0.2) is 5.43 Å². The highest BCUT2D eigenvalue weighted by atomic mass is 32.1. The second-order valence-corrected chi connectivity index (χ2v) is 9.43. The number of amides is 1. The third-order valence-electron chi connectivity index (χ3n) is 5.79. The lowest BCUT2D eigenvalue weighted by Crippen LogP contribution is -2.29. The van der Waals surface area contributed by atoms with Crippen molar-refractivity contribution in [2.75, 3.05) is 11.5 Å². The third-order valence-corrected chi connectivity index (χ3v) is 6.63. The first kappa shape index (κ1) is 21.3. The number of aromatic nitrogens is 2. The topological polar surface area (TPSA) is 85.5 Å². The van der Waals surface area contributed by atoms with Crippen LogP contribution in [0.4, 0.5) is 5.13 Å². The maximum Gasteiger partial charge on any atom is 0.297 e. The van der Waals surface area contributed by atoms with E-state index in [1.165, 1.54) is 21.8 Å². The summed E-state index contributed by atoms with van der Waals surface area (Å²) in [6.45, 7) is 8.43. The van der Waals surface area contributed by atoms with Crippen molar-refractivity contribution in [3.8, 4) is 5.75 Å². The Morgan fingerprint density at radius 3 is 2.52 bits per heavy atom. The molecule has 2 aromatic heterocycles. The maximum absolute atomic E-state index is 13.7. The normalized spacial score (nSPS) is 15.5. The number of nitrogens with zero attached hydrogens (tertiary/aromatic N) is 3. The standard InChI is InChI=1S/C25H23N3O4S/c1-5-31-17-10-11-18-19(12-17)32-23-20(22(18)29)21(16-8-6-15(7-9-16)13(2)3)28(24(23)30)25-27-26-14(4)33-25/h6-13,21H,5H2,1-4H3. The second-order valence-electron chi connectivity index (χ2n) is 8.27. The Hall–Kier alpha value is -3.52. The zero-order chi connectivity index (χ0) is 23.3. The van der Waals surface area contributed by atoms with Gasteiger partial charge in [0.25, 0.3) is 5.91 Å². The van der Waals surface area contributed by atoms with Gasteiger partial charge in [-0.1, -0.05) is 49.4 Å². The molecule has 1 atom stereocenters. The molecule has 4 aromatic rings. The molecule has 7 nitrogen and oxygen atoms in total. The second kappa shape index (κ2) is 8.12. The van der Waals surface area contributed by atoms with Crippen LogP contribution >= 0.6 is 11.3 Å². The maximum atomic E-state index is 13.7. The van der Waals surface area contributed by atoms with Gasteiger partial charge in [0, 0.05) is 6.07 Å². The molecule has 168 valence electrons. The van der Waals surface area contributed by atoms with Crippen molar-refractivity contribution in [2.45, 2.75) is 39.7 Å². The zero-order valence-electron chi connectivity index (χ0n) is 18.8. The molecule has 33 heavy (non-hydrogen) atoms. The quantitative estimate of drug-likeness (QED) is 0.405. The largest absolute Gasteiger partial charge is 0.494 e. The molecule has 0 radical (unpaired) electrons. The van der Waals surface area contributed by atoms with E-state index >= 15 is 0 Å². The minimum Gasteiger partial charge on any atom is -0.494 e. The van der Waals surface area contributed by atoms with Gasteiger partial charge in [-0.3, -0.25) is 14.5 Å². The molecule has 2 aromatic carbocycles. The molecule has 8 heteroatoms. The number of fused-ring (bicyclic) bond motifs is 2. The van der Waals surface area contributed by atoms with Gasteiger partial charge < -0.3 is 9.15 Å². The highest BCUT2D eigenvalue weighted by Crippen LogP contribution is 2.42. The molecular weight excluding hydrogens is 438 g/mol. The summed E-state index contributed by atoms with van der Waals surface area (Å²) in [5.41, 5.74) is 2.40. The number of benzene rings is 2. The van der Waals surface area contributed by atoms with Crippen molar-refractivity contribution in [3.05, 3.63) is 80.1 Å². The Morgan fingerprint density at radius 1 is 1.12 bits per heavy atom. The van der Waals surface area contributed by atoms with Gasteiger partial charge in [-0.15, -0.1) is 10.2 Å². The summed E-state index contributed by atoms with van der Waals surface area (Å²) < 4.78 is 11.6. The zero-order valence-corrected chi connectivity index (χ0v) is 19.6. The van der Waals surface area contributed by atoms with Gasteiger partial charge in [0.1, 0.15) is 16.3 Å². The summed E-state index contributed by atoms with van der Waals surface area (Å²) in [6.07, 6.45) is 0. The molecule has 1 amide bonds. The fourth-order valence-electron chi connectivity index (χ4n) is 4.17. The summed E-state index contributed by atoms with van der Waals surface area (Å²) in [7, 11) is 0. The van der Waals surface area contributed by atoms with E-state index in [1.807, 2.05) is 38.1 Å². The average Bonchev–Trinajstić information content (AvgIpc) is 3.35. The van der Waals surface area contributed by atoms with E-state index in [1.54, 1.807) is 18.2 Å². The summed E-state index contributed by atoms with van der Waals surface area (Å²) in [5, 5.41) is 9.85. The van der Waals surface area contributed by atoms with E-state index in [0.717, 1.165) is 10.6 Å². The molecular formula is C25H23N3O4S. The van der Waals surface area contributed by atoms with E-state index < -0.39 is 11.9 Å². The smallest absolute Gasteiger partial charge is 0.297 e. The Kier molecular flexibility index (Phi) is 5.25. The molecule has 0 aliphatic carbocycles. The molecule has 0 spiro atoms. The minimum atomic E-state index is -0.645. The Bertz CT molecular complexity index is 1420. The van der Waals surface area contributed by atoms with Crippen LogP contribution in [0.15, 0.2) is 51.7 Å². The van der Waals surface area contributed by atoms with Crippen molar-refractivity contribution in [1.82, 2.24) is 10.2 Å². The molecule has 1 aliphatic rings. The van der Waals surface area contributed by atoms with Gasteiger partial charge in [0.05, 0.1) is 23.6 Å². The highest BCUT2D eigenvalue weighted by Gasteiger charge is 2.45. The number of carbonyl (C=O) groups excluding carboxylic acids is 1. The van der Waals surface area contributed by atoms with Gasteiger partial charge in [0.2, 0.25) is 10.9 Å². The predicted molar refractivity (Wildman–Crippen MR) is 127 cm³/mol. The molecule has 0 fully saturated rings. The number of rotatable bonds is 5. The molecule has 5 rings (SSSR count). The van der Waals surface area contributed by atoms with Gasteiger partial charge >= 0.3 is 0 Å². The van der Waals surface area contributed by atoms with Crippen LogP contribution in [0.1, 0.15) is 65.0 Å². The van der Waals surface area contributed by atoms with Crippen LogP contribution in [0.3, 0.4) is 0 Å². The van der Waals surface area contributed by atoms with Crippen molar-refractivity contribution >= 4 is 33.3 Å². The van der Waals surface area contributed by atoms with E-state index in [0.29, 0.717) is 39.9 Å². The van der Waals surface area contributed by atoms with E-state index in [4.69, 9.17) is 9.15 Å². The Balaban J connectivity index is 1.74. The molecule has 0 saturated carbocycles. The van der Waals surface area contributed by atoms with Gasteiger partial charge in [-0.2, -0.15) is 0 Å². The lowest BCUT2D eigenvalue weighted by Gasteiger charge is -2.22. The number of aryl methyl sites for hydroxylation is 1. The Morgan fingerprint density at radius 2 is 1.88 bits per heavy atom. The number of anilines is 1. The van der Waals surface area contributed by atoms with Crippen molar-refractivity contribution in [2.24, 2.45) is 0 Å². The van der Waals surface area contributed by atoms with Crippen LogP contribution in [0.25, 0.3) is 11.0 Å². The number of ether oxygens (including phenoxy) is 1. The van der Waals surface area contributed by atoms with E-state index in [2.05, 4.69) is 24.0 Å². The summed E-state index contributed by atoms with van der Waals surface area (Å²) >= 11 is 1.30.